The van der Waals surface area contributed by atoms with Crippen molar-refractivity contribution in [2.75, 3.05) is 0 Å². The second kappa shape index (κ2) is 10.6. The van der Waals surface area contributed by atoms with Gasteiger partial charge < -0.3 is 52.4 Å². The predicted molar refractivity (Wildman–Crippen MR) is 64.3 cm³/mol. The molecule has 0 atom stereocenters. The van der Waals surface area contributed by atoms with Crippen molar-refractivity contribution in [3.8, 4) is 0 Å². The second-order valence-corrected chi connectivity index (χ2v) is 3.19. The molecule has 0 unspecified atom stereocenters. The minimum atomic E-state index is -6.00. The Bertz CT molecular complexity index is 386. The molecule has 2 rings (SSSR count). The van der Waals surface area contributed by atoms with E-state index in [-0.39, 0.29) is 22.9 Å². The van der Waals surface area contributed by atoms with Gasteiger partial charge in [-0.15, -0.1) is 0 Å². The van der Waals surface area contributed by atoms with Crippen LogP contribution in [0.25, 0.3) is 0 Å². The molecule has 0 amide bonds. The van der Waals surface area contributed by atoms with Crippen molar-refractivity contribution in [3.63, 3.8) is 0 Å². The van der Waals surface area contributed by atoms with Crippen molar-refractivity contribution in [1.29, 1.82) is 0 Å². The smallest absolute Gasteiger partial charge is 0.673 e. The van der Waals surface area contributed by atoms with E-state index in [1.54, 1.807) is 6.92 Å². The third-order valence-corrected chi connectivity index (χ3v) is 1.62. The molecule has 0 aromatic heterocycles. The predicted octanol–water partition coefficient (Wildman–Crippen LogP) is 4.31. The zero-order valence-corrected chi connectivity index (χ0v) is 11.2. The van der Waals surface area contributed by atoms with E-state index in [1.807, 2.05) is 54.6 Å². The summed E-state index contributed by atoms with van der Waals surface area (Å²) in [4.78, 5) is 10.5. The van der Waals surface area contributed by atoms with E-state index in [1.165, 1.54) is 0 Å². The molecule has 112 valence electrons. The van der Waals surface area contributed by atoms with Crippen LogP contribution < -0.4 is 0 Å². The molecule has 0 N–H and O–H groups in total. The molecule has 7 heteroatoms. The van der Waals surface area contributed by atoms with E-state index in [2.05, 4.69) is 0 Å². The molecule has 19 heavy (non-hydrogen) atoms. The van der Waals surface area contributed by atoms with Gasteiger partial charge in [-0.3, -0.25) is 0 Å². The van der Waals surface area contributed by atoms with Crippen molar-refractivity contribution in [2.45, 2.75) is 6.92 Å². The van der Waals surface area contributed by atoms with Gasteiger partial charge in [-0.2, -0.15) is 12.1 Å². The molecule has 0 fully saturated rings. The third-order valence-electron chi connectivity index (χ3n) is 1.62. The Balaban J connectivity index is 0. The van der Waals surface area contributed by atoms with Gasteiger partial charge in [-0.1, -0.05) is 5.56 Å². The van der Waals surface area contributed by atoms with Crippen molar-refractivity contribution >= 4 is 13.0 Å². The molecule has 2 aromatic rings. The minimum Gasteiger partial charge on any atom is -0.748 e. The van der Waals surface area contributed by atoms with Gasteiger partial charge in [-0.25, -0.2) is 12.1 Å². The molecule has 0 radical (unpaired) electrons. The van der Waals surface area contributed by atoms with E-state index in [0.717, 1.165) is 5.56 Å². The summed E-state index contributed by atoms with van der Waals surface area (Å²) in [5.41, 5.74) is 0.796. The second-order valence-electron chi connectivity index (χ2n) is 3.19. The van der Waals surface area contributed by atoms with Crippen molar-refractivity contribution < 1.29 is 39.1 Å². The van der Waals surface area contributed by atoms with Crippen molar-refractivity contribution in [1.82, 2.24) is 0 Å². The maximum Gasteiger partial charge on any atom is 0.673 e. The van der Waals surface area contributed by atoms with Crippen LogP contribution in [0.3, 0.4) is 0 Å². The zero-order valence-electron chi connectivity index (χ0n) is 10.0. The van der Waals surface area contributed by atoms with E-state index >= 15 is 0 Å². The van der Waals surface area contributed by atoms with Gasteiger partial charge in [0.2, 0.25) is 0 Å². The van der Waals surface area contributed by atoms with Crippen LogP contribution in [0.2, 0.25) is 0 Å². The van der Waals surface area contributed by atoms with E-state index in [0.29, 0.717) is 0 Å². The molecule has 2 aromatic carbocycles. The Kier molecular flexibility index (Phi) is 11.1. The summed E-state index contributed by atoms with van der Waals surface area (Å²) < 4.78 is 39.0. The topological polar surface area (TPSA) is 17.1 Å². The van der Waals surface area contributed by atoms with E-state index < -0.39 is 7.25 Å². The Hall–Kier alpha value is -1.33. The molecule has 0 bridgehead atoms. The average molecular weight is 315 g/mol. The fraction of sp³-hybridized carbons (Fsp3) is 0.0833. The number of carbonyl (C=O) groups is 1. The minimum absolute atomic E-state index is 0. The van der Waals surface area contributed by atoms with Crippen LogP contribution in [0.4, 0.5) is 17.3 Å². The molecule has 0 spiro atoms. The first kappa shape index (κ1) is 20.0. The van der Waals surface area contributed by atoms with Crippen LogP contribution in [0, 0.1) is 0 Å². The summed E-state index contributed by atoms with van der Waals surface area (Å²) >= 11 is 0. The average Bonchev–Trinajstić information content (AvgIpc) is 2.93. The van der Waals surface area contributed by atoms with Crippen LogP contribution in [-0.2, 0) is 17.1 Å². The van der Waals surface area contributed by atoms with Crippen LogP contribution in [0.15, 0.2) is 54.6 Å². The Morgan fingerprint density at radius 2 is 1.21 bits per heavy atom. The first-order valence-corrected chi connectivity index (χ1v) is 5.07. The Labute approximate surface area is 119 Å². The maximum absolute atomic E-state index is 10.5. The molecule has 0 saturated heterocycles. The third kappa shape index (κ3) is 16.7. The molecule has 0 aliphatic heterocycles. The monoisotopic (exact) mass is 315 g/mol. The largest absolute Gasteiger partial charge is 0.748 e. The first-order valence-electron chi connectivity index (χ1n) is 5.07. The molecule has 0 heterocycles. The number of ketones is 1. The van der Waals surface area contributed by atoms with E-state index in [9.17, 15) is 22.1 Å². The molecule has 0 saturated carbocycles. The SMILES string of the molecule is CC(=O)[c-]1cccc1.F[B-](F)(F)F.[Fe].[cH-]1[cH-][cH-][cH-][cH-]1. The number of hydrogen-bond donors (Lipinski definition) is 0. The van der Waals surface area contributed by atoms with Gasteiger partial charge in [0.15, 0.2) is 0 Å². The number of rotatable bonds is 1. The van der Waals surface area contributed by atoms with Crippen LogP contribution in [0.5, 0.6) is 0 Å². The summed E-state index contributed by atoms with van der Waals surface area (Å²) in [6.45, 7) is 1.56. The number of hydrogen-bond acceptors (Lipinski definition) is 1. The number of Topliss-reactive ketones (excluding diaryl/α,β-unsaturated/α-hetero) is 1. The first-order chi connectivity index (χ1) is 8.30. The Morgan fingerprint density at radius 1 is 0.947 bits per heavy atom. The fourth-order valence-corrected chi connectivity index (χ4v) is 0.929. The number of carbonyl (C=O) groups excluding carboxylic acids is 1. The molecule has 1 nitrogen and oxygen atoms in total. The zero-order chi connectivity index (χ0) is 14.0. The summed E-state index contributed by atoms with van der Waals surface area (Å²) in [6.07, 6.45) is 0. The maximum atomic E-state index is 10.5. The number of halogens is 4. The van der Waals surface area contributed by atoms with Gasteiger partial charge in [0.25, 0.3) is 0 Å². The van der Waals surface area contributed by atoms with Gasteiger partial charge in [0.1, 0.15) is 5.78 Å². The Morgan fingerprint density at radius 3 is 1.37 bits per heavy atom. The van der Waals surface area contributed by atoms with Crippen LogP contribution in [-0.4, -0.2) is 13.0 Å². The van der Waals surface area contributed by atoms with E-state index in [4.69, 9.17) is 0 Å². The van der Waals surface area contributed by atoms with Crippen molar-refractivity contribution in [2.24, 2.45) is 0 Å². The standard InChI is InChI=1S/C7H7O.C5H5.BF4.Fe/c1-6(8)7-4-2-3-5-7;1-2-4-5-3-1;2-1(3,4)5;/h2-5H,1H3;1-5H;;/q-1;-5;-1;. The molecule has 0 aliphatic carbocycles. The molecular weight excluding hydrogens is 303 g/mol. The molecular formula is C12H12BF4FeO-7. The fourth-order valence-electron chi connectivity index (χ4n) is 0.929. The summed E-state index contributed by atoms with van der Waals surface area (Å²) in [7, 11) is -6.00. The summed E-state index contributed by atoms with van der Waals surface area (Å²) in [6, 6.07) is 17.3. The summed E-state index contributed by atoms with van der Waals surface area (Å²) in [5.74, 6) is 0.134. The summed E-state index contributed by atoms with van der Waals surface area (Å²) in [5, 5.41) is 0. The van der Waals surface area contributed by atoms with Gasteiger partial charge in [0, 0.05) is 17.1 Å². The quantitative estimate of drug-likeness (QED) is 0.332. The normalized spacial score (nSPS) is 9.11. The molecule has 0 aliphatic rings. The van der Waals surface area contributed by atoms with Gasteiger partial charge in [-0.05, 0) is 6.92 Å². The van der Waals surface area contributed by atoms with Crippen molar-refractivity contribution in [3.05, 3.63) is 60.2 Å². The van der Waals surface area contributed by atoms with Gasteiger partial charge >= 0.3 is 7.25 Å². The van der Waals surface area contributed by atoms with Crippen LogP contribution >= 0.6 is 0 Å². The van der Waals surface area contributed by atoms with Gasteiger partial charge in [0.05, 0.1) is 0 Å². The van der Waals surface area contributed by atoms with Crippen LogP contribution in [0.1, 0.15) is 17.3 Å².